The molecule has 2 rings (SSSR count). The molecule has 0 atom stereocenters. The number of rotatable bonds is 5. The topological polar surface area (TPSA) is 107 Å². The van der Waals surface area contributed by atoms with Gasteiger partial charge in [-0.15, -0.1) is 0 Å². The van der Waals surface area contributed by atoms with Crippen LogP contribution in [0, 0.1) is 0 Å². The Morgan fingerprint density at radius 3 is 2.83 bits per heavy atom. The van der Waals surface area contributed by atoms with E-state index < -0.39 is 10.0 Å². The lowest BCUT2D eigenvalue weighted by molar-refractivity contribution is 0.109. The molecule has 0 saturated heterocycles. The van der Waals surface area contributed by atoms with Crippen LogP contribution in [0.2, 0.25) is 0 Å². The Balaban J connectivity index is 2.09. The molecule has 0 fully saturated rings. The van der Waals surface area contributed by atoms with Gasteiger partial charge in [0.1, 0.15) is 6.33 Å². The lowest BCUT2D eigenvalue weighted by atomic mass is 10.5. The van der Waals surface area contributed by atoms with Crippen LogP contribution in [0.4, 0.5) is 0 Å². The van der Waals surface area contributed by atoms with Gasteiger partial charge in [0, 0.05) is 7.05 Å². The number of aldehydes is 1. The van der Waals surface area contributed by atoms with E-state index in [0.717, 1.165) is 0 Å². The average Bonchev–Trinajstić information content (AvgIpc) is 2.95. The van der Waals surface area contributed by atoms with E-state index in [-0.39, 0.29) is 17.4 Å². The van der Waals surface area contributed by atoms with Crippen LogP contribution in [-0.4, -0.2) is 29.5 Å². The fourth-order valence-corrected chi connectivity index (χ4v) is 2.15. The summed E-state index contributed by atoms with van der Waals surface area (Å²) in [5, 5.41) is 3.60. The molecule has 1 N–H and O–H groups in total. The van der Waals surface area contributed by atoms with E-state index >= 15 is 0 Å². The first-order valence-corrected chi connectivity index (χ1v) is 6.39. The molecule has 0 amide bonds. The molecule has 0 unspecified atom stereocenters. The zero-order valence-electron chi connectivity index (χ0n) is 9.40. The molecule has 2 aromatic rings. The van der Waals surface area contributed by atoms with Crippen molar-refractivity contribution in [3.63, 3.8) is 0 Å². The van der Waals surface area contributed by atoms with Gasteiger partial charge in [-0.25, -0.2) is 18.1 Å². The van der Waals surface area contributed by atoms with Crippen LogP contribution < -0.4 is 4.72 Å². The molecule has 0 saturated carbocycles. The molecule has 0 aromatic carbocycles. The van der Waals surface area contributed by atoms with E-state index in [1.165, 1.54) is 23.1 Å². The average molecular weight is 270 g/mol. The molecule has 9 heteroatoms. The molecule has 0 aliphatic heterocycles. The summed E-state index contributed by atoms with van der Waals surface area (Å²) in [7, 11) is -2.13. The van der Waals surface area contributed by atoms with Crippen molar-refractivity contribution in [3.05, 3.63) is 30.0 Å². The number of hydrogen-bond donors (Lipinski definition) is 1. The maximum absolute atomic E-state index is 11.8. The Hall–Kier alpha value is -2.00. The van der Waals surface area contributed by atoms with Gasteiger partial charge in [-0.05, 0) is 12.1 Å². The Labute approximate surface area is 103 Å². The first kappa shape index (κ1) is 12.5. The van der Waals surface area contributed by atoms with Gasteiger partial charge in [0.15, 0.2) is 17.9 Å². The van der Waals surface area contributed by atoms with Crippen molar-refractivity contribution in [2.75, 3.05) is 0 Å². The standard InChI is InChI=1S/C9H10N4O4S/c1-13-6-10-8(12-13)4-11-18(15,16)9-3-2-7(5-14)17-9/h2-3,5-6,11H,4H2,1H3. The van der Waals surface area contributed by atoms with Crippen molar-refractivity contribution >= 4 is 16.3 Å². The zero-order valence-corrected chi connectivity index (χ0v) is 10.2. The number of nitrogens with zero attached hydrogens (tertiary/aromatic N) is 3. The van der Waals surface area contributed by atoms with Crippen molar-refractivity contribution in [1.82, 2.24) is 19.5 Å². The molecule has 96 valence electrons. The summed E-state index contributed by atoms with van der Waals surface area (Å²) >= 11 is 0. The van der Waals surface area contributed by atoms with Gasteiger partial charge in [-0.3, -0.25) is 9.48 Å². The van der Waals surface area contributed by atoms with Gasteiger partial charge in [0.25, 0.3) is 10.0 Å². The number of aromatic nitrogens is 3. The number of furan rings is 1. The molecular formula is C9H10N4O4S. The van der Waals surface area contributed by atoms with Gasteiger partial charge < -0.3 is 4.42 Å². The fraction of sp³-hybridized carbons (Fsp3) is 0.222. The first-order chi connectivity index (χ1) is 8.51. The van der Waals surface area contributed by atoms with E-state index in [4.69, 9.17) is 4.42 Å². The van der Waals surface area contributed by atoms with Crippen molar-refractivity contribution in [3.8, 4) is 0 Å². The summed E-state index contributed by atoms with van der Waals surface area (Å²) in [6, 6.07) is 2.48. The summed E-state index contributed by atoms with van der Waals surface area (Å²) in [6.45, 7) is -0.0553. The zero-order chi connectivity index (χ0) is 13.2. The Kier molecular flexibility index (Phi) is 3.26. The maximum Gasteiger partial charge on any atom is 0.274 e. The third kappa shape index (κ3) is 2.63. The second-order valence-electron chi connectivity index (χ2n) is 3.43. The van der Waals surface area contributed by atoms with Crippen LogP contribution in [-0.2, 0) is 23.6 Å². The number of hydrogen-bond acceptors (Lipinski definition) is 6. The summed E-state index contributed by atoms with van der Waals surface area (Å²) < 4.78 is 32.1. The highest BCUT2D eigenvalue weighted by atomic mass is 32.2. The maximum atomic E-state index is 11.8. The van der Waals surface area contributed by atoms with E-state index in [9.17, 15) is 13.2 Å². The van der Waals surface area contributed by atoms with Crippen LogP contribution in [0.25, 0.3) is 0 Å². The third-order valence-corrected chi connectivity index (χ3v) is 3.32. The summed E-state index contributed by atoms with van der Waals surface area (Å²) in [5.41, 5.74) is 0. The third-order valence-electron chi connectivity index (χ3n) is 2.05. The predicted molar refractivity (Wildman–Crippen MR) is 59.1 cm³/mol. The molecule has 8 nitrogen and oxygen atoms in total. The Morgan fingerprint density at radius 2 is 2.28 bits per heavy atom. The number of sulfonamides is 1. The van der Waals surface area contributed by atoms with Crippen LogP contribution >= 0.6 is 0 Å². The number of aryl methyl sites for hydroxylation is 1. The van der Waals surface area contributed by atoms with Gasteiger partial charge in [0.2, 0.25) is 5.09 Å². The van der Waals surface area contributed by atoms with Crippen molar-refractivity contribution in [2.24, 2.45) is 7.05 Å². The van der Waals surface area contributed by atoms with Crippen LogP contribution in [0.3, 0.4) is 0 Å². The second kappa shape index (κ2) is 4.70. The molecule has 18 heavy (non-hydrogen) atoms. The monoisotopic (exact) mass is 270 g/mol. The van der Waals surface area contributed by atoms with Gasteiger partial charge in [-0.2, -0.15) is 5.10 Å². The quantitative estimate of drug-likeness (QED) is 0.747. The minimum Gasteiger partial charge on any atom is -0.440 e. The van der Waals surface area contributed by atoms with Gasteiger partial charge >= 0.3 is 0 Å². The number of nitrogens with one attached hydrogen (secondary N) is 1. The van der Waals surface area contributed by atoms with Crippen molar-refractivity contribution in [1.29, 1.82) is 0 Å². The first-order valence-electron chi connectivity index (χ1n) is 4.90. The summed E-state index contributed by atoms with van der Waals surface area (Å²) in [5.74, 6) is 0.287. The molecule has 0 aliphatic rings. The van der Waals surface area contributed by atoms with Crippen molar-refractivity contribution in [2.45, 2.75) is 11.6 Å². The molecular weight excluding hydrogens is 260 g/mol. The van der Waals surface area contributed by atoms with Gasteiger partial charge in [0.05, 0.1) is 6.54 Å². The van der Waals surface area contributed by atoms with E-state index in [1.54, 1.807) is 7.05 Å². The predicted octanol–water partition coefficient (Wildman–Crippen LogP) is -0.301. The van der Waals surface area contributed by atoms with Crippen molar-refractivity contribution < 1.29 is 17.6 Å². The van der Waals surface area contributed by atoms with Crippen LogP contribution in [0.5, 0.6) is 0 Å². The van der Waals surface area contributed by atoms with Crippen LogP contribution in [0.15, 0.2) is 28.0 Å². The second-order valence-corrected chi connectivity index (χ2v) is 5.13. The van der Waals surface area contributed by atoms with E-state index in [1.807, 2.05) is 0 Å². The highest BCUT2D eigenvalue weighted by molar-refractivity contribution is 7.89. The van der Waals surface area contributed by atoms with Crippen LogP contribution in [0.1, 0.15) is 16.4 Å². The molecule has 0 bridgehead atoms. The molecule has 0 spiro atoms. The van der Waals surface area contributed by atoms with E-state index in [0.29, 0.717) is 12.1 Å². The molecule has 0 aliphatic carbocycles. The minimum absolute atomic E-state index is 0.0497. The summed E-state index contributed by atoms with van der Waals surface area (Å²) in [6.07, 6.45) is 1.89. The lowest BCUT2D eigenvalue weighted by Gasteiger charge is -2.00. The fourth-order valence-electron chi connectivity index (χ4n) is 1.24. The molecule has 0 radical (unpaired) electrons. The molecule has 2 aromatic heterocycles. The smallest absolute Gasteiger partial charge is 0.274 e. The highest BCUT2D eigenvalue weighted by Crippen LogP contribution is 2.12. The largest absolute Gasteiger partial charge is 0.440 e. The normalized spacial score (nSPS) is 11.6. The highest BCUT2D eigenvalue weighted by Gasteiger charge is 2.19. The SMILES string of the molecule is Cn1cnc(CNS(=O)(=O)c2ccc(C=O)o2)n1. The minimum atomic E-state index is -3.80. The lowest BCUT2D eigenvalue weighted by Crippen LogP contribution is -2.23. The summed E-state index contributed by atoms with van der Waals surface area (Å²) in [4.78, 5) is 14.3. The number of carbonyl (C=O) groups excluding carboxylic acids is 1. The molecule has 2 heterocycles. The number of carbonyl (C=O) groups is 1. The van der Waals surface area contributed by atoms with Gasteiger partial charge in [-0.1, -0.05) is 0 Å². The van der Waals surface area contributed by atoms with E-state index in [2.05, 4.69) is 14.8 Å². The Morgan fingerprint density at radius 1 is 1.50 bits per heavy atom. The Bertz CT molecular complexity index is 658.